The van der Waals surface area contributed by atoms with Gasteiger partial charge in [-0.25, -0.2) is 4.79 Å². The normalized spacial score (nSPS) is 10.2. The van der Waals surface area contributed by atoms with Crippen LogP contribution in [0.1, 0.15) is 20.7 Å². The first-order valence-corrected chi connectivity index (χ1v) is 9.21. The highest BCUT2D eigenvalue weighted by Crippen LogP contribution is 2.17. The summed E-state index contributed by atoms with van der Waals surface area (Å²) in [5.41, 5.74) is 1.34. The second-order valence-corrected chi connectivity index (χ2v) is 6.64. The number of carbonyl (C=O) groups is 3. The topological polar surface area (TPSA) is 105 Å². The number of halogens is 1. The molecule has 0 heterocycles. The molecule has 0 aromatic heterocycles. The van der Waals surface area contributed by atoms with E-state index >= 15 is 0 Å². The zero-order valence-corrected chi connectivity index (χ0v) is 16.3. The Morgan fingerprint density at radius 2 is 1.53 bits per heavy atom. The van der Waals surface area contributed by atoms with Gasteiger partial charge in [0.1, 0.15) is 5.75 Å². The molecule has 0 bridgehead atoms. The molecule has 0 unspecified atom stereocenters. The molecule has 3 N–H and O–H groups in total. The zero-order valence-electron chi connectivity index (χ0n) is 15.6. The number of ether oxygens (including phenoxy) is 1. The molecule has 3 aromatic rings. The zero-order chi connectivity index (χ0) is 21.5. The average molecular weight is 425 g/mol. The summed E-state index contributed by atoms with van der Waals surface area (Å²) in [6.07, 6.45) is 0. The second-order valence-electron chi connectivity index (χ2n) is 6.21. The van der Waals surface area contributed by atoms with Crippen LogP contribution in [-0.4, -0.2) is 29.5 Å². The molecule has 0 saturated heterocycles. The highest BCUT2D eigenvalue weighted by molar-refractivity contribution is 6.30. The number of rotatable bonds is 7. The van der Waals surface area contributed by atoms with E-state index in [4.69, 9.17) is 21.4 Å². The van der Waals surface area contributed by atoms with Crippen molar-refractivity contribution in [2.75, 3.05) is 17.2 Å². The lowest BCUT2D eigenvalue weighted by Crippen LogP contribution is -2.20. The Morgan fingerprint density at radius 3 is 2.20 bits per heavy atom. The molecule has 8 heteroatoms. The maximum Gasteiger partial charge on any atom is 0.335 e. The standard InChI is InChI=1S/C22H17ClN2O5/c23-16-6-10-19(11-7-16)30-13-20(26)24-18-3-1-2-15(12-18)21(27)25-17-8-4-14(5-9-17)22(28)29/h1-12H,13H2,(H,24,26)(H,25,27)(H,28,29). The number of carbonyl (C=O) groups excluding carboxylic acids is 2. The third kappa shape index (κ3) is 5.83. The fraction of sp³-hybridized carbons (Fsp3) is 0.0455. The number of anilines is 2. The predicted octanol–water partition coefficient (Wildman–Crippen LogP) is 4.31. The van der Waals surface area contributed by atoms with Gasteiger partial charge < -0.3 is 20.5 Å². The van der Waals surface area contributed by atoms with E-state index < -0.39 is 11.9 Å². The van der Waals surface area contributed by atoms with Gasteiger partial charge >= 0.3 is 5.97 Å². The quantitative estimate of drug-likeness (QED) is 0.524. The van der Waals surface area contributed by atoms with Gasteiger partial charge in [-0.3, -0.25) is 9.59 Å². The molecule has 0 radical (unpaired) electrons. The molecule has 0 aliphatic heterocycles. The molecule has 0 atom stereocenters. The van der Waals surface area contributed by atoms with E-state index in [1.165, 1.54) is 30.3 Å². The van der Waals surface area contributed by atoms with Crippen LogP contribution in [0.2, 0.25) is 5.02 Å². The summed E-state index contributed by atoms with van der Waals surface area (Å²) in [6.45, 7) is -0.200. The van der Waals surface area contributed by atoms with E-state index in [0.717, 1.165) is 0 Å². The van der Waals surface area contributed by atoms with Crippen LogP contribution in [0.3, 0.4) is 0 Å². The molecule has 0 fully saturated rings. The van der Waals surface area contributed by atoms with Crippen molar-refractivity contribution in [3.63, 3.8) is 0 Å². The SMILES string of the molecule is O=C(COc1ccc(Cl)cc1)Nc1cccc(C(=O)Nc2ccc(C(=O)O)cc2)c1. The van der Waals surface area contributed by atoms with Crippen LogP contribution in [-0.2, 0) is 4.79 Å². The lowest BCUT2D eigenvalue weighted by molar-refractivity contribution is -0.118. The molecule has 3 rings (SSSR count). The Hall–Kier alpha value is -3.84. The molecule has 7 nitrogen and oxygen atoms in total. The van der Waals surface area contributed by atoms with Crippen molar-refractivity contribution in [2.24, 2.45) is 0 Å². The molecule has 0 aliphatic rings. The average Bonchev–Trinajstić information content (AvgIpc) is 2.74. The minimum atomic E-state index is -1.05. The largest absolute Gasteiger partial charge is 0.484 e. The first kappa shape index (κ1) is 20.9. The minimum Gasteiger partial charge on any atom is -0.484 e. The third-order valence-corrected chi connectivity index (χ3v) is 4.23. The Kier molecular flexibility index (Phi) is 6.67. The van der Waals surface area contributed by atoms with E-state index in [9.17, 15) is 14.4 Å². The highest BCUT2D eigenvalue weighted by atomic mass is 35.5. The highest BCUT2D eigenvalue weighted by Gasteiger charge is 2.10. The molecule has 30 heavy (non-hydrogen) atoms. The van der Waals surface area contributed by atoms with Gasteiger partial charge in [-0.1, -0.05) is 17.7 Å². The Bertz CT molecular complexity index is 1070. The number of carboxylic acids is 1. The molecule has 0 saturated carbocycles. The van der Waals surface area contributed by atoms with Crippen LogP contribution in [0.4, 0.5) is 11.4 Å². The predicted molar refractivity (Wildman–Crippen MR) is 113 cm³/mol. The number of benzene rings is 3. The molecule has 152 valence electrons. The summed E-state index contributed by atoms with van der Waals surface area (Å²) >= 11 is 5.80. The van der Waals surface area contributed by atoms with Crippen LogP contribution in [0.5, 0.6) is 5.75 Å². The van der Waals surface area contributed by atoms with E-state index in [1.54, 1.807) is 42.5 Å². The summed E-state index contributed by atoms with van der Waals surface area (Å²) in [6, 6.07) is 18.8. The van der Waals surface area contributed by atoms with E-state index in [1.807, 2.05) is 0 Å². The maximum absolute atomic E-state index is 12.4. The van der Waals surface area contributed by atoms with Crippen LogP contribution in [0.25, 0.3) is 0 Å². The van der Waals surface area contributed by atoms with Gasteiger partial charge in [-0.05, 0) is 66.7 Å². The van der Waals surface area contributed by atoms with E-state index in [-0.39, 0.29) is 18.1 Å². The number of carboxylic acid groups (broad SMARTS) is 1. The fourth-order valence-electron chi connectivity index (χ4n) is 2.51. The molecular weight excluding hydrogens is 408 g/mol. The summed E-state index contributed by atoms with van der Waals surface area (Å²) in [5, 5.41) is 14.8. The van der Waals surface area contributed by atoms with E-state index in [0.29, 0.717) is 27.7 Å². The number of hydrogen-bond acceptors (Lipinski definition) is 4. The van der Waals surface area contributed by atoms with Crippen molar-refractivity contribution < 1.29 is 24.2 Å². The van der Waals surface area contributed by atoms with Crippen LogP contribution in [0, 0.1) is 0 Å². The monoisotopic (exact) mass is 424 g/mol. The van der Waals surface area contributed by atoms with Gasteiger partial charge in [-0.2, -0.15) is 0 Å². The van der Waals surface area contributed by atoms with Crippen molar-refractivity contribution in [2.45, 2.75) is 0 Å². The summed E-state index contributed by atoms with van der Waals surface area (Å²) in [5.74, 6) is -1.31. The fourth-order valence-corrected chi connectivity index (χ4v) is 2.64. The number of hydrogen-bond donors (Lipinski definition) is 3. The van der Waals surface area contributed by atoms with Gasteiger partial charge in [0.05, 0.1) is 5.56 Å². The van der Waals surface area contributed by atoms with Gasteiger partial charge in [0.2, 0.25) is 0 Å². The molecule has 0 aliphatic carbocycles. The van der Waals surface area contributed by atoms with Gasteiger partial charge in [-0.15, -0.1) is 0 Å². The van der Waals surface area contributed by atoms with Gasteiger partial charge in [0.15, 0.2) is 6.61 Å². The first-order valence-electron chi connectivity index (χ1n) is 8.84. The second kappa shape index (κ2) is 9.58. The van der Waals surface area contributed by atoms with Gasteiger partial charge in [0, 0.05) is 22.0 Å². The Labute approximate surface area is 177 Å². The number of amides is 2. The van der Waals surface area contributed by atoms with Crippen molar-refractivity contribution in [1.82, 2.24) is 0 Å². The lowest BCUT2D eigenvalue weighted by Gasteiger charge is -2.10. The molecule has 0 spiro atoms. The van der Waals surface area contributed by atoms with Crippen molar-refractivity contribution >= 4 is 40.8 Å². The van der Waals surface area contributed by atoms with Gasteiger partial charge in [0.25, 0.3) is 11.8 Å². The maximum atomic E-state index is 12.4. The van der Waals surface area contributed by atoms with Crippen LogP contribution < -0.4 is 15.4 Å². The first-order chi connectivity index (χ1) is 14.4. The molecule has 3 aromatic carbocycles. The smallest absolute Gasteiger partial charge is 0.335 e. The van der Waals surface area contributed by atoms with Crippen LogP contribution >= 0.6 is 11.6 Å². The minimum absolute atomic E-state index is 0.124. The summed E-state index contributed by atoms with van der Waals surface area (Å²) in [7, 11) is 0. The van der Waals surface area contributed by atoms with E-state index in [2.05, 4.69) is 10.6 Å². The van der Waals surface area contributed by atoms with Crippen molar-refractivity contribution in [3.05, 3.63) is 88.9 Å². The third-order valence-electron chi connectivity index (χ3n) is 3.98. The van der Waals surface area contributed by atoms with Crippen molar-refractivity contribution in [3.8, 4) is 5.75 Å². The summed E-state index contributed by atoms with van der Waals surface area (Å²) < 4.78 is 5.39. The Morgan fingerprint density at radius 1 is 0.833 bits per heavy atom. The lowest BCUT2D eigenvalue weighted by atomic mass is 10.1. The van der Waals surface area contributed by atoms with Crippen LogP contribution in [0.15, 0.2) is 72.8 Å². The number of aromatic carboxylic acids is 1. The molecular formula is C22H17ClN2O5. The summed E-state index contributed by atoms with van der Waals surface area (Å²) in [4.78, 5) is 35.4. The number of nitrogens with one attached hydrogen (secondary N) is 2. The molecule has 2 amide bonds. The Balaban J connectivity index is 1.57. The van der Waals surface area contributed by atoms with Crippen molar-refractivity contribution in [1.29, 1.82) is 0 Å².